The predicted molar refractivity (Wildman–Crippen MR) is 76.1 cm³/mol. The number of rotatable bonds is 4. The molecule has 2 rings (SSSR count). The third-order valence-corrected chi connectivity index (χ3v) is 3.94. The summed E-state index contributed by atoms with van der Waals surface area (Å²) in [4.78, 5) is 26.1. The molecular weight excluding hydrogens is 276 g/mol. The molecule has 2 heterocycles. The number of carbonyl (C=O) groups is 2. The molecule has 0 spiro atoms. The van der Waals surface area contributed by atoms with E-state index in [0.717, 1.165) is 16.9 Å². The van der Waals surface area contributed by atoms with Crippen LogP contribution >= 0.6 is 11.3 Å². The van der Waals surface area contributed by atoms with E-state index in [0.29, 0.717) is 6.42 Å². The summed E-state index contributed by atoms with van der Waals surface area (Å²) in [5.74, 6) is 5.22. The monoisotopic (exact) mass is 292 g/mol. The van der Waals surface area contributed by atoms with E-state index < -0.39 is 6.04 Å². The van der Waals surface area contributed by atoms with Crippen LogP contribution in [0.5, 0.6) is 0 Å². The maximum absolute atomic E-state index is 12.1. The van der Waals surface area contributed by atoms with E-state index in [1.165, 1.54) is 16.2 Å². The van der Waals surface area contributed by atoms with Gasteiger partial charge in [0, 0.05) is 10.4 Å². The molecule has 106 valence electrons. The largest absolute Gasteiger partial charge is 0.384 e. The first-order valence-corrected chi connectivity index (χ1v) is 7.33. The second-order valence-corrected chi connectivity index (χ2v) is 5.43. The number of carbonyl (C=O) groups excluding carboxylic acids is 2. The number of hydrogen-bond acceptors (Lipinski definition) is 4. The Morgan fingerprint density at radius 1 is 1.50 bits per heavy atom. The van der Waals surface area contributed by atoms with Gasteiger partial charge in [-0.2, -0.15) is 0 Å². The predicted octanol–water partition coefficient (Wildman–Crippen LogP) is 1.31. The topological polar surface area (TPSA) is 69.6 Å². The van der Waals surface area contributed by atoms with Gasteiger partial charge in [-0.3, -0.25) is 9.69 Å². The molecule has 5 nitrogen and oxygen atoms in total. The van der Waals surface area contributed by atoms with Crippen LogP contribution in [0.3, 0.4) is 0 Å². The summed E-state index contributed by atoms with van der Waals surface area (Å²) in [5.41, 5.74) is 0.753. The molecule has 3 amide bonds. The van der Waals surface area contributed by atoms with Gasteiger partial charge < -0.3 is 10.4 Å². The number of amides is 3. The van der Waals surface area contributed by atoms with Crippen molar-refractivity contribution in [3.63, 3.8) is 0 Å². The van der Waals surface area contributed by atoms with Gasteiger partial charge >= 0.3 is 6.03 Å². The number of urea groups is 1. The van der Waals surface area contributed by atoms with Crippen molar-refractivity contribution in [2.75, 3.05) is 6.61 Å². The van der Waals surface area contributed by atoms with Crippen molar-refractivity contribution in [1.29, 1.82) is 0 Å². The molecule has 20 heavy (non-hydrogen) atoms. The fraction of sp³-hybridized carbons (Fsp3) is 0.429. The Morgan fingerprint density at radius 3 is 3.00 bits per heavy atom. The second-order valence-electron chi connectivity index (χ2n) is 4.43. The molecule has 1 saturated heterocycles. The molecule has 1 aliphatic heterocycles. The molecule has 0 aromatic carbocycles. The molecule has 1 aromatic heterocycles. The summed E-state index contributed by atoms with van der Waals surface area (Å²) in [7, 11) is 0. The fourth-order valence-electron chi connectivity index (χ4n) is 2.06. The van der Waals surface area contributed by atoms with Crippen LogP contribution in [0.25, 0.3) is 0 Å². The number of aliphatic hydroxyl groups is 1. The van der Waals surface area contributed by atoms with Gasteiger partial charge in [0.1, 0.15) is 12.6 Å². The standard InChI is InChI=1S/C14H16N2O3S/c1-2-4-11-13(18)16(14(19)15-11)9-12-10(5-3-7-17)6-8-20-12/h6,8,11,17H,2,4,7,9H2,1H3,(H,15,19). The van der Waals surface area contributed by atoms with Gasteiger partial charge in [0.25, 0.3) is 5.91 Å². The molecule has 0 aliphatic carbocycles. The van der Waals surface area contributed by atoms with E-state index in [4.69, 9.17) is 5.11 Å². The highest BCUT2D eigenvalue weighted by atomic mass is 32.1. The highest BCUT2D eigenvalue weighted by Gasteiger charge is 2.37. The average molecular weight is 292 g/mol. The van der Waals surface area contributed by atoms with Crippen molar-refractivity contribution in [1.82, 2.24) is 10.2 Å². The number of hydrogen-bond donors (Lipinski definition) is 2. The van der Waals surface area contributed by atoms with E-state index in [-0.39, 0.29) is 25.1 Å². The highest BCUT2D eigenvalue weighted by Crippen LogP contribution is 2.21. The van der Waals surface area contributed by atoms with Crippen molar-refractivity contribution < 1.29 is 14.7 Å². The van der Waals surface area contributed by atoms with Crippen LogP contribution in [0, 0.1) is 11.8 Å². The summed E-state index contributed by atoms with van der Waals surface area (Å²) < 4.78 is 0. The van der Waals surface area contributed by atoms with Crippen LogP contribution in [0.2, 0.25) is 0 Å². The molecule has 0 radical (unpaired) electrons. The van der Waals surface area contributed by atoms with E-state index in [2.05, 4.69) is 17.2 Å². The Kier molecular flexibility index (Phi) is 4.77. The SMILES string of the molecule is CCCC1NC(=O)N(Cc2sccc2C#CCO)C1=O. The van der Waals surface area contributed by atoms with Crippen molar-refractivity contribution in [3.05, 3.63) is 21.9 Å². The highest BCUT2D eigenvalue weighted by molar-refractivity contribution is 7.10. The third kappa shape index (κ3) is 3.00. The third-order valence-electron chi connectivity index (χ3n) is 3.03. The smallest absolute Gasteiger partial charge is 0.325 e. The van der Waals surface area contributed by atoms with Gasteiger partial charge in [0.15, 0.2) is 0 Å². The van der Waals surface area contributed by atoms with Gasteiger partial charge in [-0.05, 0) is 17.9 Å². The molecule has 0 saturated carbocycles. The zero-order chi connectivity index (χ0) is 14.5. The van der Waals surface area contributed by atoms with Crippen LogP contribution in [-0.4, -0.2) is 34.6 Å². The number of thiophene rings is 1. The lowest BCUT2D eigenvalue weighted by molar-refractivity contribution is -0.127. The summed E-state index contributed by atoms with van der Waals surface area (Å²) in [6, 6.07) is 1.08. The van der Waals surface area contributed by atoms with E-state index in [1.807, 2.05) is 18.4 Å². The van der Waals surface area contributed by atoms with E-state index >= 15 is 0 Å². The quantitative estimate of drug-likeness (QED) is 0.649. The van der Waals surface area contributed by atoms with Gasteiger partial charge in [0.05, 0.1) is 6.54 Å². The minimum absolute atomic E-state index is 0.175. The summed E-state index contributed by atoms with van der Waals surface area (Å²) in [6.07, 6.45) is 1.50. The number of imide groups is 1. The van der Waals surface area contributed by atoms with Crippen LogP contribution < -0.4 is 5.32 Å². The second kappa shape index (κ2) is 6.55. The Morgan fingerprint density at radius 2 is 2.30 bits per heavy atom. The van der Waals surface area contributed by atoms with Crippen LogP contribution in [0.4, 0.5) is 4.79 Å². The number of aliphatic hydroxyl groups excluding tert-OH is 1. The lowest BCUT2D eigenvalue weighted by atomic mass is 10.1. The average Bonchev–Trinajstić information content (AvgIpc) is 2.97. The van der Waals surface area contributed by atoms with Crippen molar-refractivity contribution >= 4 is 23.3 Å². The molecule has 1 fully saturated rings. The number of nitrogens with one attached hydrogen (secondary N) is 1. The van der Waals surface area contributed by atoms with E-state index in [1.54, 1.807) is 0 Å². The summed E-state index contributed by atoms with van der Waals surface area (Å²) in [5, 5.41) is 13.3. The van der Waals surface area contributed by atoms with Crippen LogP contribution in [0.1, 0.15) is 30.2 Å². The Balaban J connectivity index is 2.12. The minimum atomic E-state index is -0.403. The summed E-state index contributed by atoms with van der Waals surface area (Å²) >= 11 is 1.45. The fourth-order valence-corrected chi connectivity index (χ4v) is 2.88. The normalized spacial score (nSPS) is 17.9. The van der Waals surface area contributed by atoms with Gasteiger partial charge in [-0.25, -0.2) is 4.79 Å². The molecule has 1 aliphatic rings. The zero-order valence-corrected chi connectivity index (χ0v) is 12.0. The zero-order valence-electron chi connectivity index (χ0n) is 11.2. The van der Waals surface area contributed by atoms with Crippen molar-refractivity contribution in [2.24, 2.45) is 0 Å². The van der Waals surface area contributed by atoms with Crippen LogP contribution in [-0.2, 0) is 11.3 Å². The Hall–Kier alpha value is -1.84. The molecule has 0 bridgehead atoms. The molecule has 1 atom stereocenters. The molecular formula is C14H16N2O3S. The van der Waals surface area contributed by atoms with Crippen molar-refractivity contribution in [3.8, 4) is 11.8 Å². The van der Waals surface area contributed by atoms with Gasteiger partial charge in [-0.1, -0.05) is 25.2 Å². The first-order valence-electron chi connectivity index (χ1n) is 6.45. The van der Waals surface area contributed by atoms with Crippen molar-refractivity contribution in [2.45, 2.75) is 32.4 Å². The van der Waals surface area contributed by atoms with Gasteiger partial charge in [-0.15, -0.1) is 11.3 Å². The van der Waals surface area contributed by atoms with Gasteiger partial charge in [0.2, 0.25) is 0 Å². The Labute approximate surface area is 121 Å². The Bertz CT molecular complexity index is 570. The first kappa shape index (κ1) is 14.6. The molecule has 1 aromatic rings. The minimum Gasteiger partial charge on any atom is -0.384 e. The maximum atomic E-state index is 12.1. The maximum Gasteiger partial charge on any atom is 0.325 e. The lowest BCUT2D eigenvalue weighted by Gasteiger charge is -2.12. The lowest BCUT2D eigenvalue weighted by Crippen LogP contribution is -2.30. The summed E-state index contributed by atoms with van der Waals surface area (Å²) in [6.45, 7) is 2.00. The molecule has 1 unspecified atom stereocenters. The molecule has 6 heteroatoms. The van der Waals surface area contributed by atoms with Crippen LogP contribution in [0.15, 0.2) is 11.4 Å². The first-order chi connectivity index (χ1) is 9.67. The number of nitrogens with zero attached hydrogens (tertiary/aromatic N) is 1. The molecule has 2 N–H and O–H groups in total. The van der Waals surface area contributed by atoms with E-state index in [9.17, 15) is 9.59 Å².